The molecule has 0 aromatic heterocycles. The lowest BCUT2D eigenvalue weighted by molar-refractivity contribution is 0.297. The van der Waals surface area contributed by atoms with Gasteiger partial charge in [-0.3, -0.25) is 0 Å². The van der Waals surface area contributed by atoms with Crippen molar-refractivity contribution in [1.29, 1.82) is 0 Å². The molecule has 1 aromatic rings. The van der Waals surface area contributed by atoms with Crippen LogP contribution in [0.5, 0.6) is 11.5 Å². The first-order valence-electron chi connectivity index (χ1n) is 6.75. The highest BCUT2D eigenvalue weighted by molar-refractivity contribution is 5.55. The van der Waals surface area contributed by atoms with E-state index in [4.69, 9.17) is 9.47 Å². The maximum atomic E-state index is 5.70. The number of fused-ring (bicyclic) bond motifs is 1. The van der Waals surface area contributed by atoms with E-state index in [0.717, 1.165) is 36.8 Å². The molecule has 1 heterocycles. The van der Waals surface area contributed by atoms with Gasteiger partial charge in [0.15, 0.2) is 11.5 Å². The zero-order chi connectivity index (χ0) is 12.2. The summed E-state index contributed by atoms with van der Waals surface area (Å²) in [6, 6.07) is 6.55. The van der Waals surface area contributed by atoms with Crippen molar-refractivity contribution >= 4 is 5.69 Å². The summed E-state index contributed by atoms with van der Waals surface area (Å²) in [6.45, 7) is 1.48. The third-order valence-electron chi connectivity index (χ3n) is 3.35. The SMILES string of the molecule is C1=CC(Nc2ccc3c(c2)OCCCO3)CCC1. The summed E-state index contributed by atoms with van der Waals surface area (Å²) in [5, 5.41) is 3.53. The Bertz CT molecular complexity index is 442. The molecule has 1 aliphatic heterocycles. The Balaban J connectivity index is 1.74. The fourth-order valence-electron chi connectivity index (χ4n) is 2.40. The van der Waals surface area contributed by atoms with E-state index in [1.54, 1.807) is 0 Å². The van der Waals surface area contributed by atoms with Gasteiger partial charge in [-0.25, -0.2) is 0 Å². The minimum absolute atomic E-state index is 0.448. The molecular formula is C15H19NO2. The third kappa shape index (κ3) is 2.61. The van der Waals surface area contributed by atoms with Crippen molar-refractivity contribution in [2.75, 3.05) is 18.5 Å². The second-order valence-corrected chi connectivity index (χ2v) is 4.82. The van der Waals surface area contributed by atoms with Crippen molar-refractivity contribution in [3.8, 4) is 11.5 Å². The van der Waals surface area contributed by atoms with E-state index in [-0.39, 0.29) is 0 Å². The molecule has 18 heavy (non-hydrogen) atoms. The van der Waals surface area contributed by atoms with Gasteiger partial charge in [0, 0.05) is 24.2 Å². The molecule has 1 aliphatic carbocycles. The summed E-state index contributed by atoms with van der Waals surface area (Å²) in [4.78, 5) is 0. The van der Waals surface area contributed by atoms with Crippen LogP contribution >= 0.6 is 0 Å². The number of nitrogens with one attached hydrogen (secondary N) is 1. The van der Waals surface area contributed by atoms with Gasteiger partial charge in [0.1, 0.15) is 0 Å². The Morgan fingerprint density at radius 3 is 2.78 bits per heavy atom. The van der Waals surface area contributed by atoms with E-state index in [9.17, 15) is 0 Å². The first kappa shape index (κ1) is 11.5. The van der Waals surface area contributed by atoms with Gasteiger partial charge in [-0.1, -0.05) is 12.2 Å². The number of rotatable bonds is 2. The average Bonchev–Trinajstić information content (AvgIpc) is 2.64. The van der Waals surface area contributed by atoms with Gasteiger partial charge in [-0.05, 0) is 31.4 Å². The first-order chi connectivity index (χ1) is 8.92. The summed E-state index contributed by atoms with van der Waals surface area (Å²) in [7, 11) is 0. The highest BCUT2D eigenvalue weighted by Crippen LogP contribution is 2.32. The molecular weight excluding hydrogens is 226 g/mol. The molecule has 0 bridgehead atoms. The van der Waals surface area contributed by atoms with Crippen molar-refractivity contribution in [1.82, 2.24) is 0 Å². The number of benzene rings is 1. The Kier molecular flexibility index (Phi) is 3.40. The smallest absolute Gasteiger partial charge is 0.163 e. The minimum Gasteiger partial charge on any atom is -0.490 e. The van der Waals surface area contributed by atoms with Crippen LogP contribution in [-0.2, 0) is 0 Å². The molecule has 3 rings (SSSR count). The van der Waals surface area contributed by atoms with Crippen LogP contribution in [0.25, 0.3) is 0 Å². The second-order valence-electron chi connectivity index (χ2n) is 4.82. The quantitative estimate of drug-likeness (QED) is 0.810. The molecule has 3 nitrogen and oxygen atoms in total. The third-order valence-corrected chi connectivity index (χ3v) is 3.35. The zero-order valence-corrected chi connectivity index (χ0v) is 10.5. The summed E-state index contributed by atoms with van der Waals surface area (Å²) in [5.41, 5.74) is 1.11. The van der Waals surface area contributed by atoms with Crippen molar-refractivity contribution in [3.63, 3.8) is 0 Å². The lowest BCUT2D eigenvalue weighted by atomic mass is 10.0. The Labute approximate surface area is 108 Å². The van der Waals surface area contributed by atoms with Crippen LogP contribution in [0.3, 0.4) is 0 Å². The molecule has 96 valence electrons. The molecule has 1 unspecified atom stereocenters. The molecule has 3 heteroatoms. The monoisotopic (exact) mass is 245 g/mol. The van der Waals surface area contributed by atoms with Crippen molar-refractivity contribution in [2.24, 2.45) is 0 Å². The number of allylic oxidation sites excluding steroid dienone is 1. The van der Waals surface area contributed by atoms with E-state index in [1.807, 2.05) is 12.1 Å². The van der Waals surface area contributed by atoms with Crippen LogP contribution in [-0.4, -0.2) is 19.3 Å². The van der Waals surface area contributed by atoms with E-state index in [0.29, 0.717) is 6.04 Å². The summed E-state index contributed by atoms with van der Waals surface area (Å²) in [5.74, 6) is 1.72. The van der Waals surface area contributed by atoms with Gasteiger partial charge in [-0.2, -0.15) is 0 Å². The lowest BCUT2D eigenvalue weighted by Gasteiger charge is -2.20. The lowest BCUT2D eigenvalue weighted by Crippen LogP contribution is -2.18. The van der Waals surface area contributed by atoms with Gasteiger partial charge in [0.25, 0.3) is 0 Å². The van der Waals surface area contributed by atoms with Gasteiger partial charge in [-0.15, -0.1) is 0 Å². The average molecular weight is 245 g/mol. The topological polar surface area (TPSA) is 30.5 Å². The van der Waals surface area contributed by atoms with Gasteiger partial charge < -0.3 is 14.8 Å². The number of hydrogen-bond acceptors (Lipinski definition) is 3. The summed E-state index contributed by atoms with van der Waals surface area (Å²) in [6.07, 6.45) is 9.13. The largest absolute Gasteiger partial charge is 0.490 e. The number of anilines is 1. The Morgan fingerprint density at radius 1 is 1.06 bits per heavy atom. The molecule has 0 radical (unpaired) electrons. The van der Waals surface area contributed by atoms with Crippen LogP contribution in [0.15, 0.2) is 30.4 Å². The van der Waals surface area contributed by atoms with Crippen LogP contribution in [0.1, 0.15) is 25.7 Å². The molecule has 1 atom stereocenters. The van der Waals surface area contributed by atoms with Crippen molar-refractivity contribution in [3.05, 3.63) is 30.4 Å². The first-order valence-corrected chi connectivity index (χ1v) is 6.75. The van der Waals surface area contributed by atoms with Crippen LogP contribution in [0.4, 0.5) is 5.69 Å². The molecule has 0 spiro atoms. The highest BCUT2D eigenvalue weighted by atomic mass is 16.5. The maximum Gasteiger partial charge on any atom is 0.163 e. The van der Waals surface area contributed by atoms with Crippen molar-refractivity contribution in [2.45, 2.75) is 31.7 Å². The molecule has 2 aliphatic rings. The highest BCUT2D eigenvalue weighted by Gasteiger charge is 2.12. The summed E-state index contributed by atoms with van der Waals surface area (Å²) >= 11 is 0. The summed E-state index contributed by atoms with van der Waals surface area (Å²) < 4.78 is 11.3. The number of hydrogen-bond donors (Lipinski definition) is 1. The van der Waals surface area contributed by atoms with E-state index >= 15 is 0 Å². The fraction of sp³-hybridized carbons (Fsp3) is 0.467. The van der Waals surface area contributed by atoms with Gasteiger partial charge in [0.2, 0.25) is 0 Å². The molecule has 0 fully saturated rings. The molecule has 0 saturated heterocycles. The standard InChI is InChI=1S/C15H19NO2/c1-2-5-12(6-3-1)16-13-7-8-14-15(11-13)18-10-4-9-17-14/h2,5,7-8,11-12,16H,1,3-4,6,9-10H2. The van der Waals surface area contributed by atoms with Crippen LogP contribution < -0.4 is 14.8 Å². The van der Waals surface area contributed by atoms with E-state index in [1.165, 1.54) is 19.3 Å². The molecule has 0 saturated carbocycles. The van der Waals surface area contributed by atoms with E-state index in [2.05, 4.69) is 23.5 Å². The predicted molar refractivity (Wildman–Crippen MR) is 72.5 cm³/mol. The predicted octanol–water partition coefficient (Wildman–Crippen LogP) is 3.37. The van der Waals surface area contributed by atoms with Crippen molar-refractivity contribution < 1.29 is 9.47 Å². The number of ether oxygens (including phenoxy) is 2. The maximum absolute atomic E-state index is 5.70. The normalized spacial score (nSPS) is 22.3. The Morgan fingerprint density at radius 2 is 1.94 bits per heavy atom. The molecule has 0 amide bonds. The van der Waals surface area contributed by atoms with Gasteiger partial charge >= 0.3 is 0 Å². The van der Waals surface area contributed by atoms with E-state index < -0.39 is 0 Å². The fourth-order valence-corrected chi connectivity index (χ4v) is 2.40. The molecule has 1 N–H and O–H groups in total. The minimum atomic E-state index is 0.448. The van der Waals surface area contributed by atoms with Crippen LogP contribution in [0, 0.1) is 0 Å². The zero-order valence-electron chi connectivity index (χ0n) is 10.5. The second kappa shape index (κ2) is 5.34. The van der Waals surface area contributed by atoms with Gasteiger partial charge in [0.05, 0.1) is 13.2 Å². The Hall–Kier alpha value is -1.64. The molecule has 1 aromatic carbocycles. The van der Waals surface area contributed by atoms with Crippen LogP contribution in [0.2, 0.25) is 0 Å².